The summed E-state index contributed by atoms with van der Waals surface area (Å²) in [5.74, 6) is 0.00903. The zero-order valence-electron chi connectivity index (χ0n) is 14.8. The summed E-state index contributed by atoms with van der Waals surface area (Å²) in [7, 11) is 0. The van der Waals surface area contributed by atoms with E-state index in [4.69, 9.17) is 4.98 Å². The largest absolute Gasteiger partial charge is 0.326 e. The Kier molecular flexibility index (Phi) is 5.01. The zero-order chi connectivity index (χ0) is 18.0. The predicted octanol–water partition coefficient (Wildman–Crippen LogP) is 5.15. The van der Waals surface area contributed by atoms with Crippen molar-refractivity contribution in [2.75, 3.05) is 5.32 Å². The van der Waals surface area contributed by atoms with Crippen LogP contribution in [-0.4, -0.2) is 15.9 Å². The smallest absolute Gasteiger partial charge is 0.229 e. The van der Waals surface area contributed by atoms with Gasteiger partial charge in [0.2, 0.25) is 5.91 Å². The molecule has 4 nitrogen and oxygen atoms in total. The fraction of sp³-hybridized carbons (Fsp3) is 0.316. The molecular weight excluding hydrogens is 350 g/mol. The maximum atomic E-state index is 12.0. The molecule has 3 rings (SSSR count). The summed E-state index contributed by atoms with van der Waals surface area (Å²) in [6.07, 6.45) is 0.773. The van der Waals surface area contributed by atoms with Gasteiger partial charge in [-0.2, -0.15) is 0 Å². The van der Waals surface area contributed by atoms with Gasteiger partial charge >= 0.3 is 0 Å². The fourth-order valence-electron chi connectivity index (χ4n) is 2.21. The van der Waals surface area contributed by atoms with E-state index >= 15 is 0 Å². The number of benzene rings is 1. The number of nitrogens with one attached hydrogen (secondary N) is 1. The molecule has 0 fully saturated rings. The van der Waals surface area contributed by atoms with Crippen molar-refractivity contribution in [2.45, 2.75) is 34.1 Å². The van der Waals surface area contributed by atoms with E-state index < -0.39 is 5.41 Å². The molecule has 3 aromatic rings. The third-order valence-corrected chi connectivity index (χ3v) is 5.34. The van der Waals surface area contributed by atoms with Crippen LogP contribution in [0, 0.1) is 12.3 Å². The molecular formula is C19H21N3OS2. The first kappa shape index (κ1) is 17.8. The Bertz CT molecular complexity index is 873. The van der Waals surface area contributed by atoms with Gasteiger partial charge in [-0.1, -0.05) is 32.9 Å². The second-order valence-electron chi connectivity index (χ2n) is 6.94. The van der Waals surface area contributed by atoms with Crippen LogP contribution in [0.15, 0.2) is 35.0 Å². The van der Waals surface area contributed by atoms with Crippen LogP contribution in [0.25, 0.3) is 11.3 Å². The minimum Gasteiger partial charge on any atom is -0.326 e. The lowest BCUT2D eigenvalue weighted by Gasteiger charge is -2.17. The number of hydrogen-bond acceptors (Lipinski definition) is 5. The highest BCUT2D eigenvalue weighted by Gasteiger charge is 2.21. The summed E-state index contributed by atoms with van der Waals surface area (Å²) < 4.78 is 0. The first-order valence-corrected chi connectivity index (χ1v) is 9.84. The van der Waals surface area contributed by atoms with Crippen LogP contribution < -0.4 is 5.32 Å². The number of rotatable bonds is 4. The molecule has 130 valence electrons. The number of thiazole rings is 2. The van der Waals surface area contributed by atoms with Gasteiger partial charge in [0.05, 0.1) is 21.4 Å². The first-order valence-electron chi connectivity index (χ1n) is 8.08. The molecule has 1 aromatic carbocycles. The molecule has 0 aliphatic heterocycles. The van der Waals surface area contributed by atoms with E-state index in [1.165, 1.54) is 0 Å². The predicted molar refractivity (Wildman–Crippen MR) is 105 cm³/mol. The van der Waals surface area contributed by atoms with Gasteiger partial charge in [0.25, 0.3) is 0 Å². The molecule has 0 saturated carbocycles. The number of hydrogen-bond donors (Lipinski definition) is 1. The van der Waals surface area contributed by atoms with Crippen molar-refractivity contribution < 1.29 is 4.79 Å². The summed E-state index contributed by atoms with van der Waals surface area (Å²) in [6, 6.07) is 7.82. The first-order chi connectivity index (χ1) is 11.8. The number of carbonyl (C=O) groups excluding carboxylic acids is 1. The van der Waals surface area contributed by atoms with Crippen LogP contribution in [0.4, 0.5) is 5.69 Å². The summed E-state index contributed by atoms with van der Waals surface area (Å²) in [5.41, 5.74) is 3.48. The highest BCUT2D eigenvalue weighted by Crippen LogP contribution is 2.26. The molecule has 0 atom stereocenters. The summed E-state index contributed by atoms with van der Waals surface area (Å²) in [5, 5.41) is 9.23. The second-order valence-corrected chi connectivity index (χ2v) is 8.95. The van der Waals surface area contributed by atoms with Crippen molar-refractivity contribution >= 4 is 34.3 Å². The minimum atomic E-state index is -0.406. The molecule has 6 heteroatoms. The van der Waals surface area contributed by atoms with E-state index in [9.17, 15) is 4.79 Å². The molecule has 0 aliphatic rings. The van der Waals surface area contributed by atoms with Gasteiger partial charge in [0.1, 0.15) is 0 Å². The van der Waals surface area contributed by atoms with Gasteiger partial charge in [0.15, 0.2) is 0 Å². The average molecular weight is 372 g/mol. The summed E-state index contributed by atoms with van der Waals surface area (Å²) in [6.45, 7) is 7.72. The number of aryl methyl sites for hydroxylation is 1. The lowest BCUT2D eigenvalue weighted by Crippen LogP contribution is -2.27. The maximum Gasteiger partial charge on any atom is 0.229 e. The number of nitrogens with zero attached hydrogens (tertiary/aromatic N) is 2. The Morgan fingerprint density at radius 1 is 1.08 bits per heavy atom. The monoisotopic (exact) mass is 371 g/mol. The SMILES string of the molecule is Cc1nc(Cc2nc(-c3ccc(NC(=O)C(C)(C)C)cc3)cs2)cs1. The minimum absolute atomic E-state index is 0.00903. The van der Waals surface area contributed by atoms with Crippen molar-refractivity contribution in [1.29, 1.82) is 0 Å². The molecule has 0 radical (unpaired) electrons. The molecule has 1 amide bonds. The van der Waals surface area contributed by atoms with E-state index in [2.05, 4.69) is 21.1 Å². The normalized spacial score (nSPS) is 11.5. The quantitative estimate of drug-likeness (QED) is 0.690. The van der Waals surface area contributed by atoms with E-state index in [-0.39, 0.29) is 5.91 Å². The van der Waals surface area contributed by atoms with E-state index in [0.717, 1.165) is 39.1 Å². The van der Waals surface area contributed by atoms with Gasteiger partial charge in [-0.15, -0.1) is 22.7 Å². The van der Waals surface area contributed by atoms with Crippen molar-refractivity contribution in [3.8, 4) is 11.3 Å². The second kappa shape index (κ2) is 7.06. The van der Waals surface area contributed by atoms with Gasteiger partial charge in [-0.25, -0.2) is 9.97 Å². The number of anilines is 1. The van der Waals surface area contributed by atoms with Crippen LogP contribution in [0.1, 0.15) is 36.5 Å². The number of carbonyl (C=O) groups is 1. The van der Waals surface area contributed by atoms with Crippen molar-refractivity contribution in [3.63, 3.8) is 0 Å². The molecule has 0 bridgehead atoms. The van der Waals surface area contributed by atoms with Crippen LogP contribution in [0.2, 0.25) is 0 Å². The van der Waals surface area contributed by atoms with Gasteiger partial charge < -0.3 is 5.32 Å². The highest BCUT2D eigenvalue weighted by molar-refractivity contribution is 7.10. The molecule has 2 aromatic heterocycles. The van der Waals surface area contributed by atoms with Crippen molar-refractivity contribution in [3.05, 3.63) is 50.7 Å². The molecule has 0 saturated heterocycles. The lowest BCUT2D eigenvalue weighted by atomic mass is 9.95. The average Bonchev–Trinajstić information content (AvgIpc) is 3.17. The van der Waals surface area contributed by atoms with Crippen LogP contribution in [-0.2, 0) is 11.2 Å². The Labute approximate surface area is 156 Å². The third-order valence-electron chi connectivity index (χ3n) is 3.67. The Morgan fingerprint density at radius 2 is 1.80 bits per heavy atom. The Morgan fingerprint density at radius 3 is 2.40 bits per heavy atom. The molecule has 25 heavy (non-hydrogen) atoms. The zero-order valence-corrected chi connectivity index (χ0v) is 16.4. The molecule has 0 spiro atoms. The number of aromatic nitrogens is 2. The summed E-state index contributed by atoms with van der Waals surface area (Å²) in [4.78, 5) is 21.2. The highest BCUT2D eigenvalue weighted by atomic mass is 32.1. The van der Waals surface area contributed by atoms with E-state index in [1.54, 1.807) is 22.7 Å². The van der Waals surface area contributed by atoms with E-state index in [0.29, 0.717) is 0 Å². The molecule has 2 heterocycles. The Balaban J connectivity index is 1.69. The van der Waals surface area contributed by atoms with Crippen molar-refractivity contribution in [1.82, 2.24) is 9.97 Å². The number of amides is 1. The topological polar surface area (TPSA) is 54.9 Å². The van der Waals surface area contributed by atoms with Crippen LogP contribution in [0.5, 0.6) is 0 Å². The van der Waals surface area contributed by atoms with Crippen LogP contribution in [0.3, 0.4) is 0 Å². The molecule has 0 aliphatic carbocycles. The van der Waals surface area contributed by atoms with Crippen molar-refractivity contribution in [2.24, 2.45) is 5.41 Å². The van der Waals surface area contributed by atoms with Gasteiger partial charge in [0, 0.05) is 33.8 Å². The standard InChI is InChI=1S/C19H21N3OS2/c1-12-20-15(10-24-12)9-17-22-16(11-25-17)13-5-7-14(8-6-13)21-18(23)19(2,3)4/h5-8,10-11H,9H2,1-4H3,(H,21,23). The molecule has 1 N–H and O–H groups in total. The third kappa shape index (κ3) is 4.52. The van der Waals surface area contributed by atoms with Crippen LogP contribution >= 0.6 is 22.7 Å². The summed E-state index contributed by atoms with van der Waals surface area (Å²) >= 11 is 3.32. The van der Waals surface area contributed by atoms with E-state index in [1.807, 2.05) is 52.0 Å². The molecule has 0 unspecified atom stereocenters. The lowest BCUT2D eigenvalue weighted by molar-refractivity contribution is -0.123. The maximum absolute atomic E-state index is 12.0. The van der Waals surface area contributed by atoms with Gasteiger partial charge in [-0.05, 0) is 19.1 Å². The Hall–Kier alpha value is -2.05. The fourth-order valence-corrected chi connectivity index (χ4v) is 3.64. The van der Waals surface area contributed by atoms with Gasteiger partial charge in [-0.3, -0.25) is 4.79 Å².